The fourth-order valence-corrected chi connectivity index (χ4v) is 3.68. The van der Waals surface area contributed by atoms with E-state index in [1.807, 2.05) is 37.3 Å². The van der Waals surface area contributed by atoms with Gasteiger partial charge in [-0.2, -0.15) is 9.67 Å². The van der Waals surface area contributed by atoms with E-state index in [2.05, 4.69) is 51.6 Å². The Labute approximate surface area is 178 Å². The number of rotatable bonds is 7. The van der Waals surface area contributed by atoms with Gasteiger partial charge in [-0.1, -0.05) is 61.1 Å². The van der Waals surface area contributed by atoms with Crippen molar-refractivity contribution < 1.29 is 9.26 Å². The lowest BCUT2D eigenvalue weighted by Gasteiger charge is -2.09. The number of thioether (sulfide) groups is 1. The van der Waals surface area contributed by atoms with Crippen molar-refractivity contribution in [1.82, 2.24) is 30.3 Å². The van der Waals surface area contributed by atoms with Crippen molar-refractivity contribution in [2.75, 3.05) is 7.11 Å². The van der Waals surface area contributed by atoms with Crippen LogP contribution in [0.5, 0.6) is 5.75 Å². The van der Waals surface area contributed by atoms with E-state index >= 15 is 0 Å². The van der Waals surface area contributed by atoms with Crippen molar-refractivity contribution in [3.05, 3.63) is 59.5 Å². The Bertz CT molecular complexity index is 1140. The van der Waals surface area contributed by atoms with E-state index in [9.17, 15) is 0 Å². The van der Waals surface area contributed by atoms with Crippen molar-refractivity contribution in [3.63, 3.8) is 0 Å². The minimum atomic E-state index is 0.450. The second-order valence-electron chi connectivity index (χ2n) is 7.13. The molecule has 8 nitrogen and oxygen atoms in total. The largest absolute Gasteiger partial charge is 0.494 e. The topological polar surface area (TPSA) is 91.8 Å². The van der Waals surface area contributed by atoms with Crippen LogP contribution in [-0.2, 0) is 5.75 Å². The van der Waals surface area contributed by atoms with Gasteiger partial charge in [0.15, 0.2) is 0 Å². The third-order valence-electron chi connectivity index (χ3n) is 4.63. The van der Waals surface area contributed by atoms with Crippen LogP contribution in [0.15, 0.2) is 52.1 Å². The van der Waals surface area contributed by atoms with Crippen LogP contribution in [0.1, 0.15) is 36.8 Å². The highest BCUT2D eigenvalue weighted by molar-refractivity contribution is 7.98. The average Bonchev–Trinajstić information content (AvgIpc) is 3.41. The van der Waals surface area contributed by atoms with E-state index < -0.39 is 0 Å². The number of ether oxygens (including phenoxy) is 1. The number of aryl methyl sites for hydroxylation is 1. The molecule has 0 unspecified atom stereocenters. The van der Waals surface area contributed by atoms with Crippen molar-refractivity contribution >= 4 is 11.8 Å². The molecule has 30 heavy (non-hydrogen) atoms. The molecule has 4 aromatic rings. The number of nitrogens with zero attached hydrogens (tertiary/aromatic N) is 6. The van der Waals surface area contributed by atoms with E-state index in [4.69, 9.17) is 9.26 Å². The Morgan fingerprint density at radius 3 is 2.67 bits per heavy atom. The molecule has 0 N–H and O–H groups in total. The van der Waals surface area contributed by atoms with Crippen LogP contribution in [0.25, 0.3) is 17.1 Å². The zero-order valence-corrected chi connectivity index (χ0v) is 18.1. The number of hydrogen-bond donors (Lipinski definition) is 0. The molecule has 4 rings (SSSR count). The molecule has 0 radical (unpaired) electrons. The summed E-state index contributed by atoms with van der Waals surface area (Å²) in [6.45, 7) is 6.34. The van der Waals surface area contributed by atoms with Gasteiger partial charge in [0.2, 0.25) is 16.9 Å². The summed E-state index contributed by atoms with van der Waals surface area (Å²) in [5, 5.41) is 16.8. The van der Waals surface area contributed by atoms with Gasteiger partial charge >= 0.3 is 0 Å². The molecular formula is C21H22N6O2S. The molecule has 0 aliphatic rings. The van der Waals surface area contributed by atoms with Gasteiger partial charge in [0.25, 0.3) is 0 Å². The zero-order valence-electron chi connectivity index (χ0n) is 17.2. The van der Waals surface area contributed by atoms with Crippen LogP contribution in [0, 0.1) is 6.92 Å². The highest BCUT2D eigenvalue weighted by atomic mass is 32.2. The number of benzene rings is 2. The van der Waals surface area contributed by atoms with Crippen LogP contribution in [0.3, 0.4) is 0 Å². The first kappa shape index (κ1) is 20.1. The van der Waals surface area contributed by atoms with Crippen LogP contribution < -0.4 is 4.74 Å². The van der Waals surface area contributed by atoms with Gasteiger partial charge in [-0.15, -0.1) is 5.10 Å². The Balaban J connectivity index is 1.50. The Morgan fingerprint density at radius 2 is 1.93 bits per heavy atom. The van der Waals surface area contributed by atoms with Gasteiger partial charge in [-0.3, -0.25) is 0 Å². The fraction of sp³-hybridized carbons (Fsp3) is 0.286. The maximum atomic E-state index is 5.45. The molecule has 9 heteroatoms. The van der Waals surface area contributed by atoms with E-state index in [1.165, 1.54) is 17.3 Å². The smallest absolute Gasteiger partial charge is 0.237 e. The molecule has 2 aromatic carbocycles. The number of aromatic nitrogens is 6. The molecule has 0 atom stereocenters. The second kappa shape index (κ2) is 8.66. The number of hydrogen-bond acceptors (Lipinski definition) is 8. The molecule has 0 fully saturated rings. The van der Waals surface area contributed by atoms with Crippen molar-refractivity contribution in [3.8, 4) is 22.8 Å². The summed E-state index contributed by atoms with van der Waals surface area (Å²) >= 11 is 1.42. The predicted octanol–water partition coefficient (Wildman–Crippen LogP) is 4.45. The molecule has 154 valence electrons. The van der Waals surface area contributed by atoms with Crippen LogP contribution in [-0.4, -0.2) is 37.5 Å². The third-order valence-corrected chi connectivity index (χ3v) is 5.54. The summed E-state index contributed by atoms with van der Waals surface area (Å²) in [7, 11) is 1.62. The molecule has 0 saturated carbocycles. The van der Waals surface area contributed by atoms with Gasteiger partial charge in [0.1, 0.15) is 11.4 Å². The van der Waals surface area contributed by atoms with Gasteiger partial charge in [0, 0.05) is 5.56 Å². The maximum Gasteiger partial charge on any atom is 0.237 e. The lowest BCUT2D eigenvalue weighted by atomic mass is 10.0. The van der Waals surface area contributed by atoms with Gasteiger partial charge < -0.3 is 9.26 Å². The fourth-order valence-electron chi connectivity index (χ4n) is 2.96. The Kier molecular flexibility index (Phi) is 5.80. The summed E-state index contributed by atoms with van der Waals surface area (Å²) in [6, 6.07) is 14.1. The van der Waals surface area contributed by atoms with Gasteiger partial charge in [0.05, 0.1) is 12.9 Å². The summed E-state index contributed by atoms with van der Waals surface area (Å²) in [4.78, 5) is 4.50. The first-order chi connectivity index (χ1) is 14.5. The SMILES string of the molecule is COc1ccc(C)cc1-n1nnnc1SCc1nc(-c2ccc(C(C)C)cc2)no1. The summed E-state index contributed by atoms with van der Waals surface area (Å²) in [5.41, 5.74) is 4.06. The van der Waals surface area contributed by atoms with Crippen LogP contribution in [0.4, 0.5) is 0 Å². The molecule has 0 aliphatic heterocycles. The second-order valence-corrected chi connectivity index (χ2v) is 8.07. The quantitative estimate of drug-likeness (QED) is 0.404. The minimum absolute atomic E-state index is 0.450. The van der Waals surface area contributed by atoms with Crippen molar-refractivity contribution in [2.45, 2.75) is 37.6 Å². The molecule has 0 amide bonds. The van der Waals surface area contributed by atoms with Crippen molar-refractivity contribution in [1.29, 1.82) is 0 Å². The van der Waals surface area contributed by atoms with E-state index in [0.717, 1.165) is 16.8 Å². The van der Waals surface area contributed by atoms with Crippen LogP contribution in [0.2, 0.25) is 0 Å². The normalized spacial score (nSPS) is 11.2. The molecule has 0 spiro atoms. The monoisotopic (exact) mass is 422 g/mol. The average molecular weight is 423 g/mol. The summed E-state index contributed by atoms with van der Waals surface area (Å²) in [5.74, 6) is 2.70. The molecule has 2 aromatic heterocycles. The summed E-state index contributed by atoms with van der Waals surface area (Å²) in [6.07, 6.45) is 0. The molecule has 0 saturated heterocycles. The molecule has 0 aliphatic carbocycles. The lowest BCUT2D eigenvalue weighted by Crippen LogP contribution is -2.02. The van der Waals surface area contributed by atoms with Gasteiger partial charge in [-0.05, 0) is 46.5 Å². The third kappa shape index (κ3) is 4.20. The van der Waals surface area contributed by atoms with E-state index in [-0.39, 0.29) is 0 Å². The lowest BCUT2D eigenvalue weighted by molar-refractivity contribution is 0.391. The highest BCUT2D eigenvalue weighted by Gasteiger charge is 2.16. The predicted molar refractivity (Wildman–Crippen MR) is 114 cm³/mol. The molecule has 2 heterocycles. The number of tetrazole rings is 1. The minimum Gasteiger partial charge on any atom is -0.494 e. The van der Waals surface area contributed by atoms with E-state index in [0.29, 0.717) is 34.3 Å². The maximum absolute atomic E-state index is 5.45. The first-order valence-electron chi connectivity index (χ1n) is 9.54. The highest BCUT2D eigenvalue weighted by Crippen LogP contribution is 2.28. The van der Waals surface area contributed by atoms with Crippen LogP contribution >= 0.6 is 11.8 Å². The first-order valence-corrected chi connectivity index (χ1v) is 10.5. The standard InChI is InChI=1S/C21H22N6O2S/c1-13(2)15-6-8-16(9-7-15)20-22-19(29-24-20)12-30-21-23-25-26-27(21)17-11-14(3)5-10-18(17)28-4/h5-11,13H,12H2,1-4H3. The zero-order chi connectivity index (χ0) is 21.1. The van der Waals surface area contributed by atoms with Gasteiger partial charge in [-0.25, -0.2) is 0 Å². The summed E-state index contributed by atoms with van der Waals surface area (Å²) < 4.78 is 12.5. The Morgan fingerprint density at radius 1 is 1.13 bits per heavy atom. The molecular weight excluding hydrogens is 400 g/mol. The van der Waals surface area contributed by atoms with E-state index in [1.54, 1.807) is 11.8 Å². The number of methoxy groups -OCH3 is 1. The van der Waals surface area contributed by atoms with Crippen molar-refractivity contribution in [2.24, 2.45) is 0 Å². The molecule has 0 bridgehead atoms. The Hall–Kier alpha value is -3.20.